The zero-order valence-corrected chi connectivity index (χ0v) is 14.7. The summed E-state index contributed by atoms with van der Waals surface area (Å²) < 4.78 is 7.34. The fraction of sp³-hybridized carbons (Fsp3) is 0.200. The fourth-order valence-corrected chi connectivity index (χ4v) is 3.07. The van der Waals surface area contributed by atoms with Gasteiger partial charge >= 0.3 is 0 Å². The van der Waals surface area contributed by atoms with E-state index in [9.17, 15) is 9.59 Å². The van der Waals surface area contributed by atoms with Crippen molar-refractivity contribution in [1.29, 1.82) is 0 Å². The number of amides is 1. The van der Waals surface area contributed by atoms with E-state index in [1.165, 1.54) is 4.40 Å². The third-order valence-electron chi connectivity index (χ3n) is 4.41. The maximum absolute atomic E-state index is 12.9. The van der Waals surface area contributed by atoms with E-state index in [4.69, 9.17) is 4.42 Å². The molecule has 26 heavy (non-hydrogen) atoms. The van der Waals surface area contributed by atoms with Crippen LogP contribution in [0.4, 0.5) is 0 Å². The summed E-state index contributed by atoms with van der Waals surface area (Å²) in [7, 11) is 3.90. The molecule has 0 aliphatic rings. The van der Waals surface area contributed by atoms with Crippen LogP contribution in [0.15, 0.2) is 57.7 Å². The number of nitrogens with zero attached hydrogens (tertiary/aromatic N) is 2. The lowest BCUT2D eigenvalue weighted by Gasteiger charge is -2.10. The van der Waals surface area contributed by atoms with E-state index in [0.29, 0.717) is 34.3 Å². The molecule has 0 spiro atoms. The smallest absolute Gasteiger partial charge is 0.265 e. The topological polar surface area (TPSA) is 67.0 Å². The number of fused-ring (bicyclic) bond motifs is 4. The van der Waals surface area contributed by atoms with Crippen LogP contribution in [0.25, 0.3) is 27.6 Å². The van der Waals surface area contributed by atoms with Gasteiger partial charge in [0.05, 0.1) is 5.52 Å². The number of oxazole rings is 1. The Bertz CT molecular complexity index is 1190. The molecule has 6 nitrogen and oxygen atoms in total. The van der Waals surface area contributed by atoms with Gasteiger partial charge in [0.1, 0.15) is 0 Å². The molecule has 0 atom stereocenters. The molecule has 2 aromatic carbocycles. The van der Waals surface area contributed by atoms with Gasteiger partial charge < -0.3 is 14.6 Å². The molecule has 0 bridgehead atoms. The first-order chi connectivity index (χ1) is 12.5. The largest absolute Gasteiger partial charge is 0.438 e. The molecule has 132 valence electrons. The molecular weight excluding hydrogens is 330 g/mol. The second-order valence-corrected chi connectivity index (χ2v) is 6.55. The van der Waals surface area contributed by atoms with E-state index >= 15 is 0 Å². The van der Waals surface area contributed by atoms with E-state index in [2.05, 4.69) is 5.32 Å². The second kappa shape index (κ2) is 6.31. The van der Waals surface area contributed by atoms with Gasteiger partial charge in [-0.25, -0.2) is 4.40 Å². The highest BCUT2D eigenvalue weighted by atomic mass is 16.3. The predicted octanol–water partition coefficient (Wildman–Crippen LogP) is 2.49. The Morgan fingerprint density at radius 2 is 1.96 bits per heavy atom. The summed E-state index contributed by atoms with van der Waals surface area (Å²) in [5, 5.41) is 4.33. The van der Waals surface area contributed by atoms with Crippen molar-refractivity contribution in [2.75, 3.05) is 27.2 Å². The SMILES string of the molecule is CN(C)CCNC(=O)c1ccc2oc3cc4ccccc4c(=O)n3c2c1. The number of nitrogens with one attached hydrogen (secondary N) is 1. The van der Waals surface area contributed by atoms with Crippen molar-refractivity contribution in [3.05, 3.63) is 64.4 Å². The van der Waals surface area contributed by atoms with Crippen LogP contribution in [0.2, 0.25) is 0 Å². The fourth-order valence-electron chi connectivity index (χ4n) is 3.07. The highest BCUT2D eigenvalue weighted by Gasteiger charge is 2.14. The molecule has 0 aliphatic heterocycles. The summed E-state index contributed by atoms with van der Waals surface area (Å²) >= 11 is 0. The minimum atomic E-state index is -0.170. The number of carbonyl (C=O) groups excluding carboxylic acids is 1. The van der Waals surface area contributed by atoms with Crippen molar-refractivity contribution in [2.24, 2.45) is 0 Å². The van der Waals surface area contributed by atoms with Crippen molar-refractivity contribution < 1.29 is 9.21 Å². The van der Waals surface area contributed by atoms with Gasteiger partial charge in [-0.05, 0) is 43.7 Å². The van der Waals surface area contributed by atoms with Gasteiger partial charge in [0, 0.05) is 30.1 Å². The minimum Gasteiger partial charge on any atom is -0.438 e. The quantitative estimate of drug-likeness (QED) is 0.615. The summed E-state index contributed by atoms with van der Waals surface area (Å²) in [5.41, 5.74) is 1.98. The molecule has 4 rings (SSSR count). The van der Waals surface area contributed by atoms with Crippen LogP contribution in [-0.4, -0.2) is 42.4 Å². The molecule has 0 unspecified atom stereocenters. The number of rotatable bonds is 4. The van der Waals surface area contributed by atoms with Gasteiger partial charge in [-0.1, -0.05) is 18.2 Å². The minimum absolute atomic E-state index is 0.151. The van der Waals surface area contributed by atoms with E-state index in [1.54, 1.807) is 24.3 Å². The summed E-state index contributed by atoms with van der Waals surface area (Å²) in [5.74, 6) is -0.170. The number of pyridine rings is 1. The number of hydrogen-bond donors (Lipinski definition) is 1. The standard InChI is InChI=1S/C20H19N3O3/c1-22(2)10-9-21-19(24)14-7-8-17-16(11-14)23-18(26-17)12-13-5-3-4-6-15(13)20(23)25/h3-8,11-12H,9-10H2,1-2H3,(H,21,24). The Hall–Kier alpha value is -3.12. The molecular formula is C20H19N3O3. The Balaban J connectivity index is 1.82. The van der Waals surface area contributed by atoms with Gasteiger partial charge in [-0.3, -0.25) is 9.59 Å². The summed E-state index contributed by atoms with van der Waals surface area (Å²) in [6.07, 6.45) is 0. The van der Waals surface area contributed by atoms with Crippen molar-refractivity contribution >= 4 is 33.5 Å². The lowest BCUT2D eigenvalue weighted by Crippen LogP contribution is -2.31. The molecule has 2 heterocycles. The number of likely N-dealkylation sites (N-methyl/N-ethyl adjacent to an activating group) is 1. The molecule has 6 heteroatoms. The van der Waals surface area contributed by atoms with Crippen LogP contribution < -0.4 is 10.9 Å². The normalized spacial score (nSPS) is 11.7. The highest BCUT2D eigenvalue weighted by Crippen LogP contribution is 2.23. The van der Waals surface area contributed by atoms with Gasteiger partial charge in [-0.2, -0.15) is 0 Å². The average molecular weight is 349 g/mol. The molecule has 1 N–H and O–H groups in total. The van der Waals surface area contributed by atoms with Crippen molar-refractivity contribution in [1.82, 2.24) is 14.6 Å². The van der Waals surface area contributed by atoms with Gasteiger partial charge in [-0.15, -0.1) is 0 Å². The zero-order chi connectivity index (χ0) is 18.3. The summed E-state index contributed by atoms with van der Waals surface area (Å²) in [4.78, 5) is 27.3. The molecule has 0 saturated heterocycles. The molecule has 2 aromatic heterocycles. The number of hydrogen-bond acceptors (Lipinski definition) is 4. The van der Waals surface area contributed by atoms with E-state index in [-0.39, 0.29) is 11.5 Å². The molecule has 1 amide bonds. The Labute approximate surface area is 149 Å². The lowest BCUT2D eigenvalue weighted by atomic mass is 10.1. The molecule has 0 fully saturated rings. The Kier molecular flexibility index (Phi) is 3.97. The maximum atomic E-state index is 12.9. The third-order valence-corrected chi connectivity index (χ3v) is 4.41. The van der Waals surface area contributed by atoms with Gasteiger partial charge in [0.15, 0.2) is 5.58 Å². The van der Waals surface area contributed by atoms with Crippen LogP contribution >= 0.6 is 0 Å². The number of benzene rings is 2. The van der Waals surface area contributed by atoms with Crippen molar-refractivity contribution in [3.8, 4) is 0 Å². The van der Waals surface area contributed by atoms with E-state index in [0.717, 1.165) is 11.9 Å². The summed E-state index contributed by atoms with van der Waals surface area (Å²) in [6.45, 7) is 1.31. The lowest BCUT2D eigenvalue weighted by molar-refractivity contribution is 0.0951. The summed E-state index contributed by atoms with van der Waals surface area (Å²) in [6, 6.07) is 14.4. The first kappa shape index (κ1) is 16.4. The highest BCUT2D eigenvalue weighted by molar-refractivity contribution is 5.98. The van der Waals surface area contributed by atoms with Crippen molar-refractivity contribution in [3.63, 3.8) is 0 Å². The average Bonchev–Trinajstić information content (AvgIpc) is 2.99. The molecule has 4 aromatic rings. The zero-order valence-electron chi connectivity index (χ0n) is 14.7. The maximum Gasteiger partial charge on any atom is 0.265 e. The number of carbonyl (C=O) groups is 1. The van der Waals surface area contributed by atoms with Crippen LogP contribution in [0.1, 0.15) is 10.4 Å². The first-order valence-corrected chi connectivity index (χ1v) is 8.44. The van der Waals surface area contributed by atoms with Crippen LogP contribution in [0, 0.1) is 0 Å². The molecule has 0 saturated carbocycles. The molecule has 0 radical (unpaired) electrons. The Morgan fingerprint density at radius 3 is 2.77 bits per heavy atom. The van der Waals surface area contributed by atoms with Crippen LogP contribution in [-0.2, 0) is 0 Å². The second-order valence-electron chi connectivity index (χ2n) is 6.55. The van der Waals surface area contributed by atoms with E-state index < -0.39 is 0 Å². The van der Waals surface area contributed by atoms with Crippen LogP contribution in [0.5, 0.6) is 0 Å². The number of aromatic nitrogens is 1. The van der Waals surface area contributed by atoms with Crippen molar-refractivity contribution in [2.45, 2.75) is 0 Å². The first-order valence-electron chi connectivity index (χ1n) is 8.44. The third kappa shape index (κ3) is 2.74. The van der Waals surface area contributed by atoms with Gasteiger partial charge in [0.2, 0.25) is 5.71 Å². The van der Waals surface area contributed by atoms with E-state index in [1.807, 2.05) is 43.3 Å². The molecule has 0 aliphatic carbocycles. The van der Waals surface area contributed by atoms with Crippen LogP contribution in [0.3, 0.4) is 0 Å². The monoisotopic (exact) mass is 349 g/mol. The predicted molar refractivity (Wildman–Crippen MR) is 102 cm³/mol. The van der Waals surface area contributed by atoms with Gasteiger partial charge in [0.25, 0.3) is 11.5 Å². The Morgan fingerprint density at radius 1 is 1.15 bits per heavy atom.